The minimum absolute atomic E-state index is 0.0906. The van der Waals surface area contributed by atoms with Gasteiger partial charge in [-0.15, -0.1) is 0 Å². The van der Waals surface area contributed by atoms with Crippen LogP contribution in [0.25, 0.3) is 0 Å². The Morgan fingerprint density at radius 2 is 2.19 bits per heavy atom. The van der Waals surface area contributed by atoms with Crippen molar-refractivity contribution in [3.05, 3.63) is 0 Å². The third kappa shape index (κ3) is 4.08. The molecule has 0 aliphatic carbocycles. The molecular weight excluding hydrogens is 206 g/mol. The van der Waals surface area contributed by atoms with Gasteiger partial charge in [-0.3, -0.25) is 4.79 Å². The Morgan fingerprint density at radius 1 is 1.56 bits per heavy atom. The predicted octanol–water partition coefficient (Wildman–Crippen LogP) is -0.439. The molecule has 0 radical (unpaired) electrons. The van der Waals surface area contributed by atoms with E-state index < -0.39 is 0 Å². The van der Waals surface area contributed by atoms with Gasteiger partial charge in [-0.05, 0) is 19.8 Å². The van der Waals surface area contributed by atoms with Crippen molar-refractivity contribution in [2.45, 2.75) is 31.8 Å². The second-order valence-corrected chi connectivity index (χ2v) is 4.39. The fraction of sp³-hybridized carbons (Fsp3) is 0.909. The monoisotopic (exact) mass is 229 g/mol. The first-order valence-corrected chi connectivity index (χ1v) is 5.90. The lowest BCUT2D eigenvalue weighted by Gasteiger charge is -2.33. The molecule has 1 saturated heterocycles. The summed E-state index contributed by atoms with van der Waals surface area (Å²) in [4.78, 5) is 13.4. The van der Waals surface area contributed by atoms with E-state index in [1.165, 1.54) is 0 Å². The van der Waals surface area contributed by atoms with Crippen LogP contribution in [0.1, 0.15) is 19.8 Å². The molecule has 5 nitrogen and oxygen atoms in total. The molecule has 0 spiro atoms. The van der Waals surface area contributed by atoms with E-state index in [0.717, 1.165) is 25.9 Å². The van der Waals surface area contributed by atoms with Crippen LogP contribution in [-0.4, -0.2) is 56.2 Å². The van der Waals surface area contributed by atoms with Crippen molar-refractivity contribution in [2.75, 3.05) is 33.4 Å². The van der Waals surface area contributed by atoms with E-state index in [9.17, 15) is 4.79 Å². The Kier molecular flexibility index (Phi) is 5.73. The quantitative estimate of drug-likeness (QED) is 0.671. The second-order valence-electron chi connectivity index (χ2n) is 4.39. The normalized spacial score (nSPS) is 19.8. The molecule has 94 valence electrons. The van der Waals surface area contributed by atoms with Crippen molar-refractivity contribution in [3.8, 4) is 0 Å². The second kappa shape index (κ2) is 6.83. The number of nitrogens with zero attached hydrogens (tertiary/aromatic N) is 1. The molecule has 1 heterocycles. The van der Waals surface area contributed by atoms with Gasteiger partial charge in [0.15, 0.2) is 0 Å². The number of rotatable bonds is 5. The Bertz CT molecular complexity index is 215. The minimum atomic E-state index is 0.0906. The molecule has 16 heavy (non-hydrogen) atoms. The van der Waals surface area contributed by atoms with Gasteiger partial charge >= 0.3 is 0 Å². The molecule has 1 atom stereocenters. The van der Waals surface area contributed by atoms with Crippen molar-refractivity contribution in [1.29, 1.82) is 0 Å². The van der Waals surface area contributed by atoms with Gasteiger partial charge in [0.05, 0.1) is 0 Å². The summed E-state index contributed by atoms with van der Waals surface area (Å²) in [5, 5.41) is 3.47. The number of nitrogens with two attached hydrogens (primary N) is 1. The highest BCUT2D eigenvalue weighted by molar-refractivity contribution is 5.77. The molecule has 0 aromatic rings. The molecule has 1 fully saturated rings. The van der Waals surface area contributed by atoms with Gasteiger partial charge in [-0.1, -0.05) is 0 Å². The highest BCUT2D eigenvalue weighted by Crippen LogP contribution is 2.11. The number of carbonyl (C=O) groups is 1. The summed E-state index contributed by atoms with van der Waals surface area (Å²) in [6.07, 6.45) is 2.00. The molecule has 1 aliphatic rings. The van der Waals surface area contributed by atoms with E-state index in [-0.39, 0.29) is 12.5 Å². The fourth-order valence-electron chi connectivity index (χ4n) is 1.98. The van der Waals surface area contributed by atoms with Crippen molar-refractivity contribution in [3.63, 3.8) is 0 Å². The summed E-state index contributed by atoms with van der Waals surface area (Å²) in [5.41, 5.74) is 5.56. The third-order valence-electron chi connectivity index (χ3n) is 2.99. The standard InChI is InChI=1S/C11H23N3O2/c1-9(7-12)13-10-3-5-14(6-4-10)11(15)8-16-2/h9-10,13H,3-8,12H2,1-2H3. The van der Waals surface area contributed by atoms with Gasteiger partial charge in [0, 0.05) is 38.8 Å². The number of nitrogens with one attached hydrogen (secondary N) is 1. The van der Waals surface area contributed by atoms with Crippen molar-refractivity contribution in [1.82, 2.24) is 10.2 Å². The van der Waals surface area contributed by atoms with Crippen LogP contribution in [-0.2, 0) is 9.53 Å². The van der Waals surface area contributed by atoms with Crippen LogP contribution in [0.3, 0.4) is 0 Å². The number of methoxy groups -OCH3 is 1. The van der Waals surface area contributed by atoms with Crippen LogP contribution in [0.5, 0.6) is 0 Å². The number of carbonyl (C=O) groups excluding carboxylic acids is 1. The summed E-state index contributed by atoms with van der Waals surface area (Å²) in [7, 11) is 1.55. The molecule has 3 N–H and O–H groups in total. The zero-order chi connectivity index (χ0) is 12.0. The maximum absolute atomic E-state index is 11.5. The van der Waals surface area contributed by atoms with Crippen LogP contribution >= 0.6 is 0 Å². The van der Waals surface area contributed by atoms with E-state index in [1.807, 2.05) is 4.90 Å². The van der Waals surface area contributed by atoms with Crippen LogP contribution < -0.4 is 11.1 Å². The van der Waals surface area contributed by atoms with E-state index in [4.69, 9.17) is 10.5 Å². The van der Waals surface area contributed by atoms with Crippen LogP contribution in [0, 0.1) is 0 Å². The maximum Gasteiger partial charge on any atom is 0.248 e. The van der Waals surface area contributed by atoms with Gasteiger partial charge in [0.25, 0.3) is 0 Å². The number of likely N-dealkylation sites (tertiary alicyclic amines) is 1. The van der Waals surface area contributed by atoms with Crippen LogP contribution in [0.2, 0.25) is 0 Å². The topological polar surface area (TPSA) is 67.6 Å². The van der Waals surface area contributed by atoms with Gasteiger partial charge in [0.2, 0.25) is 5.91 Å². The summed E-state index contributed by atoms with van der Waals surface area (Å²) in [6.45, 7) is 4.57. The van der Waals surface area contributed by atoms with Crippen LogP contribution in [0.15, 0.2) is 0 Å². The summed E-state index contributed by atoms with van der Waals surface area (Å²) in [5.74, 6) is 0.0906. The Morgan fingerprint density at radius 3 is 2.69 bits per heavy atom. The maximum atomic E-state index is 11.5. The average Bonchev–Trinajstić information content (AvgIpc) is 2.30. The van der Waals surface area contributed by atoms with Gasteiger partial charge < -0.3 is 20.7 Å². The smallest absolute Gasteiger partial charge is 0.248 e. The lowest BCUT2D eigenvalue weighted by atomic mass is 10.0. The van der Waals surface area contributed by atoms with E-state index in [0.29, 0.717) is 18.6 Å². The first-order valence-electron chi connectivity index (χ1n) is 5.90. The Labute approximate surface area is 97.3 Å². The number of hydrogen-bond acceptors (Lipinski definition) is 4. The summed E-state index contributed by atoms with van der Waals surface area (Å²) < 4.78 is 4.84. The molecule has 1 aliphatic heterocycles. The molecule has 1 amide bonds. The molecule has 0 saturated carbocycles. The lowest BCUT2D eigenvalue weighted by molar-refractivity contribution is -0.136. The lowest BCUT2D eigenvalue weighted by Crippen LogP contribution is -2.49. The number of hydrogen-bond donors (Lipinski definition) is 2. The number of ether oxygens (including phenoxy) is 1. The predicted molar refractivity (Wildman–Crippen MR) is 63.1 cm³/mol. The van der Waals surface area contributed by atoms with Gasteiger partial charge in [-0.25, -0.2) is 0 Å². The molecule has 5 heteroatoms. The van der Waals surface area contributed by atoms with E-state index in [2.05, 4.69) is 12.2 Å². The SMILES string of the molecule is COCC(=O)N1CCC(NC(C)CN)CC1. The Hall–Kier alpha value is -0.650. The van der Waals surface area contributed by atoms with Gasteiger partial charge in [0.1, 0.15) is 6.61 Å². The first kappa shape index (κ1) is 13.4. The molecule has 1 unspecified atom stereocenters. The van der Waals surface area contributed by atoms with E-state index in [1.54, 1.807) is 7.11 Å². The first-order chi connectivity index (χ1) is 7.67. The highest BCUT2D eigenvalue weighted by atomic mass is 16.5. The van der Waals surface area contributed by atoms with Crippen molar-refractivity contribution in [2.24, 2.45) is 5.73 Å². The number of amides is 1. The van der Waals surface area contributed by atoms with Gasteiger partial charge in [-0.2, -0.15) is 0 Å². The van der Waals surface area contributed by atoms with Crippen molar-refractivity contribution >= 4 is 5.91 Å². The largest absolute Gasteiger partial charge is 0.375 e. The van der Waals surface area contributed by atoms with E-state index >= 15 is 0 Å². The van der Waals surface area contributed by atoms with Crippen LogP contribution in [0.4, 0.5) is 0 Å². The zero-order valence-electron chi connectivity index (χ0n) is 10.2. The molecular formula is C11H23N3O2. The minimum Gasteiger partial charge on any atom is -0.375 e. The molecule has 0 aromatic carbocycles. The van der Waals surface area contributed by atoms with Crippen molar-refractivity contribution < 1.29 is 9.53 Å². The molecule has 0 bridgehead atoms. The molecule has 0 aromatic heterocycles. The highest BCUT2D eigenvalue weighted by Gasteiger charge is 2.22. The fourth-order valence-corrected chi connectivity index (χ4v) is 1.98. The Balaban J connectivity index is 2.25. The summed E-state index contributed by atoms with van der Waals surface area (Å²) in [6, 6.07) is 0.844. The zero-order valence-corrected chi connectivity index (χ0v) is 10.2. The third-order valence-corrected chi connectivity index (χ3v) is 2.99. The number of piperidine rings is 1. The summed E-state index contributed by atoms with van der Waals surface area (Å²) >= 11 is 0. The molecule has 1 rings (SSSR count). The average molecular weight is 229 g/mol.